The normalized spacial score (nSPS) is 17.2. The number of amides is 2. The molecule has 0 radical (unpaired) electrons. The Kier molecular flexibility index (Phi) is 10.4. The molecule has 2 aromatic rings. The number of aromatic amines is 2. The van der Waals surface area contributed by atoms with Gasteiger partial charge in [0.05, 0.1) is 5.70 Å². The number of aromatic nitrogens is 2. The fourth-order valence-corrected chi connectivity index (χ4v) is 6.75. The molecule has 2 aliphatic heterocycles. The number of H-pyrrole nitrogens is 2. The fourth-order valence-electron chi connectivity index (χ4n) is 5.85. The highest BCUT2D eigenvalue weighted by Gasteiger charge is 2.30. The molecular formula is C34H38N4O7S. The number of rotatable bonds is 13. The number of hydrogen-bond acceptors (Lipinski definition) is 6. The van der Waals surface area contributed by atoms with Gasteiger partial charge in [0, 0.05) is 76.6 Å². The van der Waals surface area contributed by atoms with Crippen LogP contribution in [0.15, 0.2) is 52.4 Å². The smallest absolute Gasteiger partial charge is 0.303 e. The summed E-state index contributed by atoms with van der Waals surface area (Å²) in [5, 5.41) is 24.2. The maximum absolute atomic E-state index is 12.8. The van der Waals surface area contributed by atoms with Gasteiger partial charge in [-0.25, -0.2) is 0 Å². The van der Waals surface area contributed by atoms with Crippen molar-refractivity contribution < 1.29 is 34.2 Å². The zero-order chi connectivity index (χ0) is 33.9. The van der Waals surface area contributed by atoms with E-state index in [9.17, 15) is 34.2 Å². The lowest BCUT2D eigenvalue weighted by atomic mass is 10.00. The number of carboxylic acids is 2. The third kappa shape index (κ3) is 7.51. The van der Waals surface area contributed by atoms with Crippen molar-refractivity contribution in [1.29, 1.82) is 0 Å². The number of allylic oxidation sites excluding steroid dienone is 2. The molecule has 0 saturated carbocycles. The Morgan fingerprint density at radius 3 is 2.20 bits per heavy atom. The predicted octanol–water partition coefficient (Wildman–Crippen LogP) is 4.71. The third-order valence-corrected chi connectivity index (χ3v) is 9.12. The van der Waals surface area contributed by atoms with Crippen molar-refractivity contribution in [2.45, 2.75) is 72.0 Å². The number of thioether (sulfide) groups is 1. The molecule has 0 aromatic carbocycles. The summed E-state index contributed by atoms with van der Waals surface area (Å²) in [6.07, 6.45) is 5.88. The molecule has 11 nitrogen and oxygen atoms in total. The summed E-state index contributed by atoms with van der Waals surface area (Å²) < 4.78 is 0. The molecule has 12 heteroatoms. The minimum Gasteiger partial charge on any atom is -0.481 e. The van der Waals surface area contributed by atoms with Gasteiger partial charge in [0.25, 0.3) is 11.8 Å². The van der Waals surface area contributed by atoms with Crippen molar-refractivity contribution in [1.82, 2.24) is 20.6 Å². The van der Waals surface area contributed by atoms with Gasteiger partial charge >= 0.3 is 11.9 Å². The Hall–Kier alpha value is -4.84. The van der Waals surface area contributed by atoms with E-state index in [0.29, 0.717) is 45.9 Å². The first-order valence-electron chi connectivity index (χ1n) is 14.8. The van der Waals surface area contributed by atoms with E-state index < -0.39 is 11.9 Å². The largest absolute Gasteiger partial charge is 0.481 e. The summed E-state index contributed by atoms with van der Waals surface area (Å²) in [6.45, 7) is 12.5. The third-order valence-electron chi connectivity index (χ3n) is 8.20. The number of carboxylic acid groups (broad SMARTS) is 2. The molecule has 0 aliphatic carbocycles. The number of nitrogens with one attached hydrogen (secondary N) is 4. The topological polar surface area (TPSA) is 181 Å². The minimum absolute atomic E-state index is 0.0857. The first-order chi connectivity index (χ1) is 21.7. The second-order valence-corrected chi connectivity index (χ2v) is 12.9. The fraction of sp³-hybridized carbons (Fsp3) is 0.324. The van der Waals surface area contributed by atoms with Crippen LogP contribution in [0.5, 0.6) is 0 Å². The number of carbonyl (C=O) groups excluding carboxylic acids is 3. The van der Waals surface area contributed by atoms with E-state index in [-0.39, 0.29) is 47.9 Å². The van der Waals surface area contributed by atoms with E-state index in [1.54, 1.807) is 19.1 Å². The minimum atomic E-state index is -0.942. The molecule has 0 fully saturated rings. The second-order valence-electron chi connectivity index (χ2n) is 11.4. The predicted molar refractivity (Wildman–Crippen MR) is 177 cm³/mol. The Balaban J connectivity index is 1.75. The van der Waals surface area contributed by atoms with Gasteiger partial charge in [-0.15, -0.1) is 0 Å². The Morgan fingerprint density at radius 1 is 0.913 bits per heavy atom. The average Bonchev–Trinajstić information content (AvgIpc) is 3.65. The van der Waals surface area contributed by atoms with E-state index in [4.69, 9.17) is 0 Å². The van der Waals surface area contributed by atoms with E-state index in [0.717, 1.165) is 45.4 Å². The molecule has 2 aliphatic rings. The van der Waals surface area contributed by atoms with Crippen molar-refractivity contribution in [3.63, 3.8) is 0 Å². The maximum Gasteiger partial charge on any atom is 0.303 e. The van der Waals surface area contributed by atoms with Crippen molar-refractivity contribution >= 4 is 52.8 Å². The van der Waals surface area contributed by atoms with Gasteiger partial charge in [0.15, 0.2) is 5.12 Å². The number of carbonyl (C=O) groups is 5. The lowest BCUT2D eigenvalue weighted by Crippen LogP contribution is -2.20. The van der Waals surface area contributed by atoms with Crippen molar-refractivity contribution in [3.05, 3.63) is 91.9 Å². The van der Waals surface area contributed by atoms with Crippen LogP contribution in [0.2, 0.25) is 0 Å². The Morgan fingerprint density at radius 2 is 1.57 bits per heavy atom. The summed E-state index contributed by atoms with van der Waals surface area (Å²) in [5.74, 6) is -2.36. The molecule has 6 N–H and O–H groups in total. The molecule has 46 heavy (non-hydrogen) atoms. The van der Waals surface area contributed by atoms with Crippen LogP contribution in [0.3, 0.4) is 0 Å². The van der Waals surface area contributed by atoms with Crippen LogP contribution in [0.4, 0.5) is 0 Å². The molecule has 2 amide bonds. The zero-order valence-electron chi connectivity index (χ0n) is 26.5. The molecular weight excluding hydrogens is 608 g/mol. The zero-order valence-corrected chi connectivity index (χ0v) is 27.3. The van der Waals surface area contributed by atoms with Crippen molar-refractivity contribution in [2.75, 3.05) is 0 Å². The van der Waals surface area contributed by atoms with Crippen LogP contribution >= 0.6 is 11.8 Å². The van der Waals surface area contributed by atoms with E-state index in [1.807, 2.05) is 32.9 Å². The average molecular weight is 647 g/mol. The maximum atomic E-state index is 12.8. The first kappa shape index (κ1) is 34.0. The molecule has 0 spiro atoms. The van der Waals surface area contributed by atoms with Gasteiger partial charge in [-0.2, -0.15) is 0 Å². The van der Waals surface area contributed by atoms with Crippen LogP contribution < -0.4 is 10.6 Å². The van der Waals surface area contributed by atoms with E-state index >= 15 is 0 Å². The SMILES string of the molecule is C=CC1=C(C)C(=O)N/C1=C\c1[nH]c(Cc2[nH]c(/C=C3/NC(=O)C(C(C)SC(C)=O)=C3C)cc2CCC(=O)O)c(CCC(=O)O)c1C. The molecule has 0 bridgehead atoms. The summed E-state index contributed by atoms with van der Waals surface area (Å²) in [6, 6.07) is 1.85. The molecule has 4 heterocycles. The van der Waals surface area contributed by atoms with Crippen LogP contribution in [0.25, 0.3) is 12.2 Å². The lowest BCUT2D eigenvalue weighted by Gasteiger charge is -2.08. The summed E-state index contributed by atoms with van der Waals surface area (Å²) >= 11 is 1.09. The highest BCUT2D eigenvalue weighted by molar-refractivity contribution is 8.14. The molecule has 4 rings (SSSR count). The lowest BCUT2D eigenvalue weighted by molar-refractivity contribution is -0.138. The molecule has 242 valence electrons. The highest BCUT2D eigenvalue weighted by atomic mass is 32.2. The van der Waals surface area contributed by atoms with E-state index in [2.05, 4.69) is 27.2 Å². The summed E-state index contributed by atoms with van der Waals surface area (Å²) in [7, 11) is 0. The quantitative estimate of drug-likeness (QED) is 0.181. The van der Waals surface area contributed by atoms with Crippen molar-refractivity contribution in [2.24, 2.45) is 0 Å². The van der Waals surface area contributed by atoms with Crippen LogP contribution in [-0.4, -0.2) is 54.3 Å². The molecule has 2 aromatic heterocycles. The number of aliphatic carboxylic acids is 2. The van der Waals surface area contributed by atoms with Gasteiger partial charge in [0.2, 0.25) is 0 Å². The number of hydrogen-bond donors (Lipinski definition) is 6. The van der Waals surface area contributed by atoms with Crippen LogP contribution in [0, 0.1) is 6.92 Å². The monoisotopic (exact) mass is 646 g/mol. The van der Waals surface area contributed by atoms with Gasteiger partial charge in [-0.05, 0) is 81.0 Å². The molecule has 1 atom stereocenters. The Bertz CT molecular complexity index is 1780. The van der Waals surface area contributed by atoms with Gasteiger partial charge in [-0.3, -0.25) is 24.0 Å². The molecule has 0 saturated heterocycles. The van der Waals surface area contributed by atoms with Gasteiger partial charge in [-0.1, -0.05) is 24.4 Å². The Labute approximate surface area is 271 Å². The van der Waals surface area contributed by atoms with Crippen LogP contribution in [0.1, 0.15) is 80.0 Å². The standard InChI is InChI=1S/C34H38N4O7S/c1-7-23-17(3)33(44)38-28(23)14-26-16(2)24(9-11-31(42)43)29(36-26)15-27-21(8-10-30(40)41)12-22(35-27)13-25-18(4)32(34(45)37-25)19(5)46-20(6)39/h7,12-14,19,35-36H,1,8-11,15H2,2-6H3,(H,37,45)(H,38,44)(H,40,41)(H,42,43)/b25-13+,28-14-. The van der Waals surface area contributed by atoms with Gasteiger partial charge in [0.1, 0.15) is 0 Å². The van der Waals surface area contributed by atoms with Crippen molar-refractivity contribution in [3.8, 4) is 0 Å². The summed E-state index contributed by atoms with van der Waals surface area (Å²) in [4.78, 5) is 66.5. The summed E-state index contributed by atoms with van der Waals surface area (Å²) in [5.41, 5.74) is 8.96. The molecule has 1 unspecified atom stereocenters. The first-order valence-corrected chi connectivity index (χ1v) is 15.7. The second kappa shape index (κ2) is 14.1. The van der Waals surface area contributed by atoms with Crippen LogP contribution in [-0.2, 0) is 43.2 Å². The highest BCUT2D eigenvalue weighted by Crippen LogP contribution is 2.32. The van der Waals surface area contributed by atoms with Gasteiger partial charge < -0.3 is 30.8 Å². The number of aryl methyl sites for hydroxylation is 1. The van der Waals surface area contributed by atoms with E-state index in [1.165, 1.54) is 6.92 Å².